The standard InChI is InChI=1S/C19H20N4O3.HI/c1-24-17-9-13(3-4-14(17)11-20)12-22-19(21)23-15-5-6-16-18(10-15)26-8-2-7-25-16;/h3-6,9-10H,2,7-8,12H2,1H3,(H3,21,22,23);1H. The maximum absolute atomic E-state index is 9.02. The zero-order chi connectivity index (χ0) is 18.4. The number of benzene rings is 2. The number of guanidine groups is 1. The maximum atomic E-state index is 9.02. The lowest BCUT2D eigenvalue weighted by Gasteiger charge is -2.11. The van der Waals surface area contributed by atoms with Gasteiger partial charge in [0.15, 0.2) is 17.5 Å². The smallest absolute Gasteiger partial charge is 0.193 e. The highest BCUT2D eigenvalue weighted by atomic mass is 127. The third kappa shape index (κ3) is 5.40. The average Bonchev–Trinajstić information content (AvgIpc) is 2.91. The summed E-state index contributed by atoms with van der Waals surface area (Å²) in [6.07, 6.45) is 0.856. The minimum absolute atomic E-state index is 0. The molecule has 0 amide bonds. The van der Waals surface area contributed by atoms with E-state index in [4.69, 9.17) is 25.2 Å². The summed E-state index contributed by atoms with van der Waals surface area (Å²) in [7, 11) is 1.53. The van der Waals surface area contributed by atoms with Gasteiger partial charge in [-0.3, -0.25) is 0 Å². The second-order valence-electron chi connectivity index (χ2n) is 5.68. The number of halogens is 1. The van der Waals surface area contributed by atoms with Gasteiger partial charge in [0.2, 0.25) is 0 Å². The largest absolute Gasteiger partial charge is 0.495 e. The average molecular weight is 480 g/mol. The zero-order valence-corrected chi connectivity index (χ0v) is 17.2. The number of nitrogens with two attached hydrogens (primary N) is 1. The van der Waals surface area contributed by atoms with Crippen molar-refractivity contribution < 1.29 is 14.2 Å². The number of hydrogen-bond acceptors (Lipinski definition) is 5. The SMILES string of the molecule is COc1cc(CN=C(N)Nc2ccc3c(c2)OCCCO3)ccc1C#N.I. The highest BCUT2D eigenvalue weighted by molar-refractivity contribution is 14.0. The Labute approximate surface area is 175 Å². The minimum atomic E-state index is 0. The summed E-state index contributed by atoms with van der Waals surface area (Å²) in [6, 6.07) is 12.9. The monoisotopic (exact) mass is 480 g/mol. The number of ether oxygens (including phenoxy) is 3. The molecule has 1 aliphatic rings. The molecule has 0 aromatic heterocycles. The molecule has 2 aromatic carbocycles. The lowest BCUT2D eigenvalue weighted by atomic mass is 10.1. The molecule has 0 aliphatic carbocycles. The van der Waals surface area contributed by atoms with E-state index in [2.05, 4.69) is 16.4 Å². The van der Waals surface area contributed by atoms with E-state index in [0.717, 1.165) is 23.4 Å². The van der Waals surface area contributed by atoms with Gasteiger partial charge < -0.3 is 25.3 Å². The van der Waals surface area contributed by atoms with Gasteiger partial charge in [0.1, 0.15) is 11.8 Å². The predicted octanol–water partition coefficient (Wildman–Crippen LogP) is 3.27. The molecule has 142 valence electrons. The fraction of sp³-hybridized carbons (Fsp3) is 0.263. The molecule has 0 saturated carbocycles. The Hall–Kier alpha value is -2.67. The topological polar surface area (TPSA) is 102 Å². The van der Waals surface area contributed by atoms with E-state index in [0.29, 0.717) is 36.8 Å². The van der Waals surface area contributed by atoms with Crippen molar-refractivity contribution >= 4 is 35.6 Å². The minimum Gasteiger partial charge on any atom is -0.495 e. The molecule has 0 unspecified atom stereocenters. The molecule has 0 radical (unpaired) electrons. The van der Waals surface area contributed by atoms with Crippen LogP contribution < -0.4 is 25.3 Å². The third-order valence-corrected chi connectivity index (χ3v) is 3.84. The molecule has 3 N–H and O–H groups in total. The summed E-state index contributed by atoms with van der Waals surface area (Å²) >= 11 is 0. The van der Waals surface area contributed by atoms with Crippen molar-refractivity contribution in [1.29, 1.82) is 5.26 Å². The van der Waals surface area contributed by atoms with E-state index in [-0.39, 0.29) is 29.9 Å². The van der Waals surface area contributed by atoms with Crippen molar-refractivity contribution in [2.75, 3.05) is 25.6 Å². The molecule has 27 heavy (non-hydrogen) atoms. The lowest BCUT2D eigenvalue weighted by molar-refractivity contribution is 0.297. The van der Waals surface area contributed by atoms with Crippen LogP contribution in [0.25, 0.3) is 0 Å². The third-order valence-electron chi connectivity index (χ3n) is 3.84. The summed E-state index contributed by atoms with van der Waals surface area (Å²) < 4.78 is 16.5. The Morgan fingerprint density at radius 1 is 1.22 bits per heavy atom. The number of hydrogen-bond donors (Lipinski definition) is 2. The van der Waals surface area contributed by atoms with E-state index in [9.17, 15) is 0 Å². The maximum Gasteiger partial charge on any atom is 0.193 e. The van der Waals surface area contributed by atoms with Crippen molar-refractivity contribution in [2.45, 2.75) is 13.0 Å². The van der Waals surface area contributed by atoms with Gasteiger partial charge >= 0.3 is 0 Å². The Kier molecular flexibility index (Phi) is 7.55. The van der Waals surface area contributed by atoms with Crippen LogP contribution in [0.4, 0.5) is 5.69 Å². The summed E-state index contributed by atoms with van der Waals surface area (Å²) in [5, 5.41) is 12.1. The number of nitrogens with one attached hydrogen (secondary N) is 1. The quantitative estimate of drug-likeness (QED) is 0.396. The first-order chi connectivity index (χ1) is 12.7. The van der Waals surface area contributed by atoms with Crippen LogP contribution in [0, 0.1) is 11.3 Å². The number of rotatable bonds is 4. The number of nitriles is 1. The molecule has 0 spiro atoms. The Morgan fingerprint density at radius 3 is 2.74 bits per heavy atom. The number of aliphatic imine (C=N–C) groups is 1. The summed E-state index contributed by atoms with van der Waals surface area (Å²) in [5.41, 5.74) is 8.12. The van der Waals surface area contributed by atoms with Crippen molar-refractivity contribution in [1.82, 2.24) is 0 Å². The van der Waals surface area contributed by atoms with Crippen molar-refractivity contribution in [3.8, 4) is 23.3 Å². The number of anilines is 1. The summed E-state index contributed by atoms with van der Waals surface area (Å²) in [6.45, 7) is 1.64. The van der Waals surface area contributed by atoms with Crippen LogP contribution in [0.3, 0.4) is 0 Å². The van der Waals surface area contributed by atoms with Gasteiger partial charge in [0.05, 0.1) is 32.4 Å². The van der Waals surface area contributed by atoms with Crippen LogP contribution in [0.15, 0.2) is 41.4 Å². The molecule has 1 aliphatic heterocycles. The summed E-state index contributed by atoms with van der Waals surface area (Å²) in [5.74, 6) is 2.22. The van der Waals surface area contributed by atoms with Crippen LogP contribution >= 0.6 is 24.0 Å². The van der Waals surface area contributed by atoms with E-state index in [1.54, 1.807) is 12.1 Å². The van der Waals surface area contributed by atoms with Crippen molar-refractivity contribution in [3.63, 3.8) is 0 Å². The van der Waals surface area contributed by atoms with Gasteiger partial charge in [0.25, 0.3) is 0 Å². The molecule has 8 heteroatoms. The van der Waals surface area contributed by atoms with E-state index in [1.165, 1.54) is 7.11 Å². The predicted molar refractivity (Wildman–Crippen MR) is 114 cm³/mol. The first kappa shape index (κ1) is 20.6. The molecular weight excluding hydrogens is 459 g/mol. The molecular formula is C19H21IN4O3. The van der Waals surface area contributed by atoms with Gasteiger partial charge in [-0.1, -0.05) is 6.07 Å². The van der Waals surface area contributed by atoms with Gasteiger partial charge in [0, 0.05) is 18.2 Å². The lowest BCUT2D eigenvalue weighted by Crippen LogP contribution is -2.22. The molecule has 0 atom stereocenters. The van der Waals surface area contributed by atoms with Crippen molar-refractivity contribution in [3.05, 3.63) is 47.5 Å². The van der Waals surface area contributed by atoms with Crippen molar-refractivity contribution in [2.24, 2.45) is 10.7 Å². The molecule has 3 rings (SSSR count). The molecule has 1 heterocycles. The first-order valence-electron chi connectivity index (χ1n) is 8.23. The fourth-order valence-corrected chi connectivity index (χ4v) is 2.53. The Morgan fingerprint density at radius 2 is 2.00 bits per heavy atom. The van der Waals surface area contributed by atoms with Gasteiger partial charge in [-0.05, 0) is 29.8 Å². The molecule has 0 bridgehead atoms. The van der Waals surface area contributed by atoms with Crippen LogP contribution in [-0.4, -0.2) is 26.3 Å². The van der Waals surface area contributed by atoms with Gasteiger partial charge in [-0.15, -0.1) is 24.0 Å². The van der Waals surface area contributed by atoms with E-state index in [1.807, 2.05) is 24.3 Å². The highest BCUT2D eigenvalue weighted by Gasteiger charge is 2.11. The second-order valence-corrected chi connectivity index (χ2v) is 5.68. The second kappa shape index (κ2) is 9.87. The van der Waals surface area contributed by atoms with Gasteiger partial charge in [-0.25, -0.2) is 4.99 Å². The normalized spacial score (nSPS) is 13.0. The van der Waals surface area contributed by atoms with Crippen LogP contribution in [0.2, 0.25) is 0 Å². The van der Waals surface area contributed by atoms with Gasteiger partial charge in [-0.2, -0.15) is 5.26 Å². The van der Waals surface area contributed by atoms with Crippen LogP contribution in [0.1, 0.15) is 17.5 Å². The zero-order valence-electron chi connectivity index (χ0n) is 14.9. The van der Waals surface area contributed by atoms with Crippen LogP contribution in [-0.2, 0) is 6.54 Å². The number of methoxy groups -OCH3 is 1. The highest BCUT2D eigenvalue weighted by Crippen LogP contribution is 2.32. The molecule has 7 nitrogen and oxygen atoms in total. The molecule has 2 aromatic rings. The van der Waals surface area contributed by atoms with E-state index >= 15 is 0 Å². The number of fused-ring (bicyclic) bond motifs is 1. The number of nitrogens with zero attached hydrogens (tertiary/aromatic N) is 2. The Balaban J connectivity index is 0.00000261. The summed E-state index contributed by atoms with van der Waals surface area (Å²) in [4.78, 5) is 4.32. The van der Waals surface area contributed by atoms with E-state index < -0.39 is 0 Å². The Bertz CT molecular complexity index is 865. The molecule has 0 fully saturated rings. The molecule has 0 saturated heterocycles. The fourth-order valence-electron chi connectivity index (χ4n) is 2.53. The van der Waals surface area contributed by atoms with Crippen LogP contribution in [0.5, 0.6) is 17.2 Å². The first-order valence-corrected chi connectivity index (χ1v) is 8.23.